The van der Waals surface area contributed by atoms with E-state index >= 15 is 0 Å². The van der Waals surface area contributed by atoms with Gasteiger partial charge in [-0.2, -0.15) is 0 Å². The van der Waals surface area contributed by atoms with Crippen LogP contribution in [0.2, 0.25) is 0 Å². The number of esters is 3. The summed E-state index contributed by atoms with van der Waals surface area (Å²) >= 11 is 0. The van der Waals surface area contributed by atoms with Gasteiger partial charge in [0.05, 0.1) is 0 Å². The van der Waals surface area contributed by atoms with Crippen molar-refractivity contribution in [1.29, 1.82) is 0 Å². The third kappa shape index (κ3) is 49.4. The van der Waals surface area contributed by atoms with Crippen LogP contribution in [0.3, 0.4) is 0 Å². The summed E-state index contributed by atoms with van der Waals surface area (Å²) in [5, 5.41) is 0. The van der Waals surface area contributed by atoms with Crippen molar-refractivity contribution in [2.45, 2.75) is 323 Å². The van der Waals surface area contributed by atoms with Crippen LogP contribution in [0.4, 0.5) is 0 Å². The highest BCUT2D eigenvalue weighted by Crippen LogP contribution is 2.18. The first kappa shape index (κ1) is 60.4. The fraction of sp³-hybridized carbons (Fsp3) is 0.946. The number of ether oxygens (including phenoxy) is 3. The third-order valence-electron chi connectivity index (χ3n) is 12.8. The predicted octanol–water partition coefficient (Wildman–Crippen LogP) is 18.2. The van der Waals surface area contributed by atoms with Crippen LogP contribution in [-0.2, 0) is 28.6 Å². The van der Waals surface area contributed by atoms with Crippen molar-refractivity contribution < 1.29 is 28.6 Å². The van der Waals surface area contributed by atoms with E-state index in [1.54, 1.807) is 0 Å². The molecule has 62 heavy (non-hydrogen) atoms. The van der Waals surface area contributed by atoms with Crippen LogP contribution in [0.25, 0.3) is 0 Å². The smallest absolute Gasteiger partial charge is 0.306 e. The lowest BCUT2D eigenvalue weighted by Gasteiger charge is -2.18. The van der Waals surface area contributed by atoms with Gasteiger partial charge >= 0.3 is 17.9 Å². The van der Waals surface area contributed by atoms with Crippen LogP contribution < -0.4 is 0 Å². The average Bonchev–Trinajstić information content (AvgIpc) is 3.26. The number of hydrogen-bond donors (Lipinski definition) is 0. The molecule has 0 heterocycles. The molecule has 0 N–H and O–H groups in total. The van der Waals surface area contributed by atoms with E-state index in [2.05, 4.69) is 27.7 Å². The highest BCUT2D eigenvalue weighted by molar-refractivity contribution is 5.71. The van der Waals surface area contributed by atoms with Gasteiger partial charge < -0.3 is 14.2 Å². The summed E-state index contributed by atoms with van der Waals surface area (Å²) in [6.45, 7) is 9.04. The summed E-state index contributed by atoms with van der Waals surface area (Å²) < 4.78 is 16.9. The van der Waals surface area contributed by atoms with E-state index in [0.29, 0.717) is 19.3 Å². The lowest BCUT2D eigenvalue weighted by Crippen LogP contribution is -2.30. The normalized spacial score (nSPS) is 12.0. The summed E-state index contributed by atoms with van der Waals surface area (Å²) in [4.78, 5) is 38.0. The van der Waals surface area contributed by atoms with Gasteiger partial charge in [-0.05, 0) is 25.2 Å². The van der Waals surface area contributed by atoms with Gasteiger partial charge in [-0.25, -0.2) is 0 Å². The van der Waals surface area contributed by atoms with Crippen molar-refractivity contribution in [2.24, 2.45) is 5.92 Å². The highest BCUT2D eigenvalue weighted by Gasteiger charge is 2.19. The number of carbonyl (C=O) groups is 3. The topological polar surface area (TPSA) is 78.9 Å². The molecule has 0 unspecified atom stereocenters. The van der Waals surface area contributed by atoms with Crippen molar-refractivity contribution in [1.82, 2.24) is 0 Å². The van der Waals surface area contributed by atoms with Crippen molar-refractivity contribution in [3.8, 4) is 0 Å². The monoisotopic (exact) mass is 877 g/mol. The van der Waals surface area contributed by atoms with E-state index < -0.39 is 6.10 Å². The molecule has 1 atom stereocenters. The van der Waals surface area contributed by atoms with Gasteiger partial charge in [-0.1, -0.05) is 278 Å². The molecule has 0 saturated heterocycles. The summed E-state index contributed by atoms with van der Waals surface area (Å²) in [7, 11) is 0. The minimum atomic E-state index is -0.761. The van der Waals surface area contributed by atoms with Crippen molar-refractivity contribution >= 4 is 17.9 Å². The van der Waals surface area contributed by atoms with Gasteiger partial charge in [-0.15, -0.1) is 0 Å². The molecule has 368 valence electrons. The summed E-state index contributed by atoms with van der Waals surface area (Å²) in [6.07, 6.45) is 53.7. The van der Waals surface area contributed by atoms with Gasteiger partial charge in [0.1, 0.15) is 13.2 Å². The molecule has 0 bridgehead atoms. The van der Waals surface area contributed by atoms with Crippen LogP contribution >= 0.6 is 0 Å². The Kier molecular flexibility index (Phi) is 49.1. The SMILES string of the molecule is CCCCCCCCCCCCCCCCCCCC(=O)OC[C@H](COC(=O)CCCCCCCCCCCCCCCC)OC(=O)CCCCCCCCCCCCC(C)C. The first-order chi connectivity index (χ1) is 30.4. The zero-order valence-corrected chi connectivity index (χ0v) is 42.3. The lowest BCUT2D eigenvalue weighted by molar-refractivity contribution is -0.167. The molecule has 0 aromatic carbocycles. The maximum Gasteiger partial charge on any atom is 0.306 e. The number of unbranched alkanes of at least 4 members (excludes halogenated alkanes) is 38. The standard InChI is InChI=1S/C56H108O6/c1-5-7-9-11-13-15-17-19-21-22-23-25-27-32-36-40-44-48-55(58)61-51-53(62-56(59)49-45-41-37-33-29-28-30-34-38-42-46-52(3)4)50-60-54(57)47-43-39-35-31-26-24-20-18-16-14-12-10-8-6-2/h52-53H,5-51H2,1-4H3/t53-/m0/s1. The van der Waals surface area contributed by atoms with Gasteiger partial charge in [0.2, 0.25) is 0 Å². The van der Waals surface area contributed by atoms with Crippen molar-refractivity contribution in [2.75, 3.05) is 13.2 Å². The average molecular weight is 877 g/mol. The van der Waals surface area contributed by atoms with Gasteiger partial charge in [0.15, 0.2) is 6.10 Å². The Bertz CT molecular complexity index is 933. The Morgan fingerprint density at radius 1 is 0.306 bits per heavy atom. The molecule has 0 amide bonds. The molecule has 0 radical (unpaired) electrons. The molecule has 0 aliphatic carbocycles. The van der Waals surface area contributed by atoms with E-state index in [1.807, 2.05) is 0 Å². The third-order valence-corrected chi connectivity index (χ3v) is 12.8. The molecule has 0 saturated carbocycles. The zero-order valence-electron chi connectivity index (χ0n) is 42.3. The minimum absolute atomic E-state index is 0.0624. The van der Waals surface area contributed by atoms with E-state index in [4.69, 9.17) is 14.2 Å². The maximum atomic E-state index is 12.8. The van der Waals surface area contributed by atoms with Crippen LogP contribution in [0.1, 0.15) is 317 Å². The van der Waals surface area contributed by atoms with E-state index in [0.717, 1.165) is 63.7 Å². The molecular formula is C56H108O6. The Hall–Kier alpha value is -1.59. The Labute approximate surface area is 387 Å². The van der Waals surface area contributed by atoms with E-state index in [1.165, 1.54) is 212 Å². The molecule has 0 aromatic heterocycles. The van der Waals surface area contributed by atoms with Gasteiger partial charge in [-0.3, -0.25) is 14.4 Å². The number of rotatable bonds is 51. The van der Waals surface area contributed by atoms with Crippen molar-refractivity contribution in [3.63, 3.8) is 0 Å². The molecule has 6 nitrogen and oxygen atoms in total. The lowest BCUT2D eigenvalue weighted by atomic mass is 10.0. The Morgan fingerprint density at radius 3 is 0.790 bits per heavy atom. The molecule has 6 heteroatoms. The molecular weight excluding hydrogens is 769 g/mol. The van der Waals surface area contributed by atoms with Crippen molar-refractivity contribution in [3.05, 3.63) is 0 Å². The van der Waals surface area contributed by atoms with Crippen LogP contribution in [0.15, 0.2) is 0 Å². The Morgan fingerprint density at radius 2 is 0.532 bits per heavy atom. The fourth-order valence-corrected chi connectivity index (χ4v) is 8.57. The molecule has 0 spiro atoms. The number of hydrogen-bond acceptors (Lipinski definition) is 6. The summed E-state index contributed by atoms with van der Waals surface area (Å²) in [5.74, 6) is -0.0229. The number of carbonyl (C=O) groups excluding carboxylic acids is 3. The fourth-order valence-electron chi connectivity index (χ4n) is 8.57. The van der Waals surface area contributed by atoms with Gasteiger partial charge in [0.25, 0.3) is 0 Å². The highest BCUT2D eigenvalue weighted by atomic mass is 16.6. The predicted molar refractivity (Wildman–Crippen MR) is 266 cm³/mol. The van der Waals surface area contributed by atoms with E-state index in [-0.39, 0.29) is 31.1 Å². The second kappa shape index (κ2) is 50.4. The van der Waals surface area contributed by atoms with E-state index in [9.17, 15) is 14.4 Å². The summed E-state index contributed by atoms with van der Waals surface area (Å²) in [6, 6.07) is 0. The van der Waals surface area contributed by atoms with Crippen LogP contribution in [0.5, 0.6) is 0 Å². The zero-order chi connectivity index (χ0) is 45.2. The molecule has 0 aliphatic rings. The first-order valence-electron chi connectivity index (χ1n) is 27.9. The van der Waals surface area contributed by atoms with Crippen LogP contribution in [-0.4, -0.2) is 37.2 Å². The second-order valence-corrected chi connectivity index (χ2v) is 19.7. The summed E-state index contributed by atoms with van der Waals surface area (Å²) in [5.41, 5.74) is 0. The second-order valence-electron chi connectivity index (χ2n) is 19.7. The molecule has 0 rings (SSSR count). The minimum Gasteiger partial charge on any atom is -0.462 e. The maximum absolute atomic E-state index is 12.8. The van der Waals surface area contributed by atoms with Crippen LogP contribution in [0, 0.1) is 5.92 Å². The quantitative estimate of drug-likeness (QED) is 0.0344. The molecule has 0 fully saturated rings. The largest absolute Gasteiger partial charge is 0.462 e. The first-order valence-corrected chi connectivity index (χ1v) is 27.9. The molecule has 0 aromatic rings. The van der Waals surface area contributed by atoms with Gasteiger partial charge in [0, 0.05) is 19.3 Å². The molecule has 0 aliphatic heterocycles. The Balaban J connectivity index is 4.28.